The van der Waals surface area contributed by atoms with E-state index >= 15 is 0 Å². The number of thioether (sulfide) groups is 1. The Morgan fingerprint density at radius 3 is 2.31 bits per heavy atom. The summed E-state index contributed by atoms with van der Waals surface area (Å²) in [5.41, 5.74) is -0.177. The summed E-state index contributed by atoms with van der Waals surface area (Å²) in [6, 6.07) is -0.928. The quantitative estimate of drug-likeness (QED) is 0.201. The molecule has 0 rings (SSSR count). The number of aliphatic carboxylic acids is 1. The Bertz CT molecular complexity index is 574. The number of nitrogens with one attached hydrogen (secondary N) is 4. The molecule has 5 N–H and O–H groups in total. The van der Waals surface area contributed by atoms with Gasteiger partial charge in [0, 0.05) is 20.1 Å². The maximum Gasteiger partial charge on any atom is 0.322 e. The number of carboxylic acids is 1. The molecule has 12 heteroatoms. The minimum absolute atomic E-state index is 0.0828. The fraction of sp³-hybridized carbons (Fsp3) is 0.706. The summed E-state index contributed by atoms with van der Waals surface area (Å²) in [6.45, 7) is 3.19. The molecule has 0 aliphatic rings. The van der Waals surface area contributed by atoms with Crippen LogP contribution in [0.2, 0.25) is 0 Å². The number of carbonyl (C=O) groups is 5. The normalized spacial score (nSPS) is 12.4. The third-order valence-corrected chi connectivity index (χ3v) is 4.57. The lowest BCUT2D eigenvalue weighted by atomic mass is 10.1. The van der Waals surface area contributed by atoms with Gasteiger partial charge in [0.25, 0.3) is 0 Å². The first-order chi connectivity index (χ1) is 13.7. The summed E-state index contributed by atoms with van der Waals surface area (Å²) in [4.78, 5) is 57.8. The van der Waals surface area contributed by atoms with Crippen LogP contribution >= 0.6 is 11.8 Å². The molecular weight excluding hydrogens is 404 g/mol. The SMILES string of the molecule is CCOC(C)SCC(=O)NC(CCCC(=O)NC)C(=O)NCC(=O)NCC(=O)O. The average molecular weight is 435 g/mol. The van der Waals surface area contributed by atoms with Crippen LogP contribution in [0.15, 0.2) is 0 Å². The smallest absolute Gasteiger partial charge is 0.322 e. The van der Waals surface area contributed by atoms with Gasteiger partial charge in [0.05, 0.1) is 12.3 Å². The second kappa shape index (κ2) is 15.6. The van der Waals surface area contributed by atoms with Crippen LogP contribution in [0.5, 0.6) is 0 Å². The van der Waals surface area contributed by atoms with Crippen molar-refractivity contribution in [3.63, 3.8) is 0 Å². The van der Waals surface area contributed by atoms with E-state index in [1.807, 2.05) is 13.8 Å². The Labute approximate surface area is 174 Å². The predicted octanol–water partition coefficient (Wildman–Crippen LogP) is -1.18. The van der Waals surface area contributed by atoms with Crippen molar-refractivity contribution < 1.29 is 33.8 Å². The summed E-state index contributed by atoms with van der Waals surface area (Å²) < 4.78 is 5.33. The molecule has 0 saturated carbocycles. The highest BCUT2D eigenvalue weighted by Gasteiger charge is 2.22. The first kappa shape index (κ1) is 26.7. The standard InChI is InChI=1S/C17H30N4O7S/c1-4-28-11(2)29-10-15(24)21-12(6-5-7-13(22)18-3)17(27)20-8-14(23)19-9-16(25)26/h11-12H,4-10H2,1-3H3,(H,18,22)(H,19,23)(H,20,27)(H,21,24)(H,25,26). The molecule has 29 heavy (non-hydrogen) atoms. The van der Waals surface area contributed by atoms with Gasteiger partial charge in [0.2, 0.25) is 23.6 Å². The van der Waals surface area contributed by atoms with Gasteiger partial charge in [-0.25, -0.2) is 0 Å². The van der Waals surface area contributed by atoms with Crippen molar-refractivity contribution >= 4 is 41.4 Å². The molecule has 0 aromatic carbocycles. The zero-order chi connectivity index (χ0) is 22.2. The molecule has 0 aromatic rings. The molecular formula is C17H30N4O7S. The minimum atomic E-state index is -1.21. The number of carbonyl (C=O) groups excluding carboxylic acids is 4. The van der Waals surface area contributed by atoms with Gasteiger partial charge in [-0.15, -0.1) is 11.8 Å². The number of hydrogen-bond donors (Lipinski definition) is 5. The Balaban J connectivity index is 4.66. The van der Waals surface area contributed by atoms with Crippen LogP contribution in [-0.4, -0.2) is 78.7 Å². The largest absolute Gasteiger partial charge is 0.480 e. The number of rotatable bonds is 15. The van der Waals surface area contributed by atoms with E-state index in [-0.39, 0.29) is 35.8 Å². The molecule has 0 saturated heterocycles. The van der Waals surface area contributed by atoms with Gasteiger partial charge in [0.15, 0.2) is 0 Å². The number of carboxylic acid groups (broad SMARTS) is 1. The van der Waals surface area contributed by atoms with E-state index in [4.69, 9.17) is 9.84 Å². The maximum absolute atomic E-state index is 12.4. The van der Waals surface area contributed by atoms with Crippen molar-refractivity contribution in [1.29, 1.82) is 0 Å². The zero-order valence-corrected chi connectivity index (χ0v) is 17.7. The molecule has 0 spiro atoms. The van der Waals surface area contributed by atoms with Crippen molar-refractivity contribution in [3.05, 3.63) is 0 Å². The molecule has 2 unspecified atom stereocenters. The molecule has 2 atom stereocenters. The highest BCUT2D eigenvalue weighted by atomic mass is 32.2. The zero-order valence-electron chi connectivity index (χ0n) is 16.9. The Hall–Kier alpha value is -2.34. The van der Waals surface area contributed by atoms with Crippen molar-refractivity contribution in [3.8, 4) is 0 Å². The van der Waals surface area contributed by atoms with Gasteiger partial charge in [-0.3, -0.25) is 24.0 Å². The molecule has 4 amide bonds. The molecule has 166 valence electrons. The van der Waals surface area contributed by atoms with Gasteiger partial charge in [-0.2, -0.15) is 0 Å². The third kappa shape index (κ3) is 14.3. The second-order valence-electron chi connectivity index (χ2n) is 5.91. The Kier molecular flexibility index (Phi) is 14.3. The first-order valence-electron chi connectivity index (χ1n) is 9.18. The molecule has 0 aromatic heterocycles. The van der Waals surface area contributed by atoms with Gasteiger partial charge >= 0.3 is 5.97 Å². The van der Waals surface area contributed by atoms with Crippen molar-refractivity contribution in [1.82, 2.24) is 21.3 Å². The van der Waals surface area contributed by atoms with E-state index in [1.165, 1.54) is 18.8 Å². The van der Waals surface area contributed by atoms with Crippen molar-refractivity contribution in [2.45, 2.75) is 44.6 Å². The lowest BCUT2D eigenvalue weighted by molar-refractivity contribution is -0.138. The predicted molar refractivity (Wildman–Crippen MR) is 107 cm³/mol. The summed E-state index contributed by atoms with van der Waals surface area (Å²) in [7, 11) is 1.50. The number of amides is 4. The van der Waals surface area contributed by atoms with E-state index in [1.54, 1.807) is 0 Å². The summed E-state index contributed by atoms with van der Waals surface area (Å²) >= 11 is 1.27. The number of hydrogen-bond acceptors (Lipinski definition) is 7. The third-order valence-electron chi connectivity index (χ3n) is 3.54. The van der Waals surface area contributed by atoms with Crippen LogP contribution in [0.4, 0.5) is 0 Å². The van der Waals surface area contributed by atoms with E-state index in [0.29, 0.717) is 13.0 Å². The number of ether oxygens (including phenoxy) is 1. The van der Waals surface area contributed by atoms with Crippen LogP contribution in [0, 0.1) is 0 Å². The Morgan fingerprint density at radius 2 is 1.72 bits per heavy atom. The molecule has 0 radical (unpaired) electrons. The second-order valence-corrected chi connectivity index (χ2v) is 7.19. The summed E-state index contributed by atoms with van der Waals surface area (Å²) in [6.07, 6.45) is 0.741. The minimum Gasteiger partial charge on any atom is -0.480 e. The van der Waals surface area contributed by atoms with Gasteiger partial charge in [-0.05, 0) is 26.7 Å². The molecule has 0 fully saturated rings. The molecule has 11 nitrogen and oxygen atoms in total. The summed E-state index contributed by atoms with van der Waals surface area (Å²) in [5, 5.41) is 18.1. The highest BCUT2D eigenvalue weighted by molar-refractivity contribution is 8.00. The van der Waals surface area contributed by atoms with E-state index in [9.17, 15) is 24.0 Å². The van der Waals surface area contributed by atoms with E-state index in [0.717, 1.165) is 0 Å². The van der Waals surface area contributed by atoms with Gasteiger partial charge in [-0.1, -0.05) is 0 Å². The topological polar surface area (TPSA) is 163 Å². The first-order valence-corrected chi connectivity index (χ1v) is 10.2. The maximum atomic E-state index is 12.4. The van der Waals surface area contributed by atoms with Crippen LogP contribution in [0.1, 0.15) is 33.1 Å². The lowest BCUT2D eigenvalue weighted by Crippen LogP contribution is -2.49. The fourth-order valence-electron chi connectivity index (χ4n) is 2.10. The molecule has 0 aliphatic heterocycles. The van der Waals surface area contributed by atoms with E-state index < -0.39 is 36.9 Å². The van der Waals surface area contributed by atoms with Crippen LogP contribution in [0.25, 0.3) is 0 Å². The monoisotopic (exact) mass is 434 g/mol. The Morgan fingerprint density at radius 1 is 1.03 bits per heavy atom. The van der Waals surface area contributed by atoms with Crippen LogP contribution < -0.4 is 21.3 Å². The molecule has 0 bridgehead atoms. The fourth-order valence-corrected chi connectivity index (χ4v) is 2.80. The van der Waals surface area contributed by atoms with Crippen molar-refractivity contribution in [2.75, 3.05) is 32.5 Å². The van der Waals surface area contributed by atoms with Crippen LogP contribution in [0.3, 0.4) is 0 Å². The molecule has 0 heterocycles. The average Bonchev–Trinajstić information content (AvgIpc) is 2.68. The van der Waals surface area contributed by atoms with Crippen LogP contribution in [-0.2, 0) is 28.7 Å². The lowest BCUT2D eigenvalue weighted by Gasteiger charge is -2.19. The summed E-state index contributed by atoms with van der Waals surface area (Å²) in [5.74, 6) is -2.95. The van der Waals surface area contributed by atoms with E-state index in [2.05, 4.69) is 21.3 Å². The van der Waals surface area contributed by atoms with Crippen molar-refractivity contribution in [2.24, 2.45) is 0 Å². The molecule has 0 aliphatic carbocycles. The van der Waals surface area contributed by atoms with Gasteiger partial charge in [0.1, 0.15) is 18.0 Å². The highest BCUT2D eigenvalue weighted by Crippen LogP contribution is 2.11. The van der Waals surface area contributed by atoms with Gasteiger partial charge < -0.3 is 31.1 Å².